The van der Waals surface area contributed by atoms with E-state index in [1.807, 2.05) is 24.3 Å². The Balaban J connectivity index is 1.67. The van der Waals surface area contributed by atoms with E-state index in [1.54, 1.807) is 20.9 Å². The fourth-order valence-electron chi connectivity index (χ4n) is 3.62. The zero-order chi connectivity index (χ0) is 23.3. The number of hydrogen-bond acceptors (Lipinski definition) is 3. The summed E-state index contributed by atoms with van der Waals surface area (Å²) in [5.41, 5.74) is 1.11. The summed E-state index contributed by atoms with van der Waals surface area (Å²) in [5, 5.41) is 8.90. The number of hydrogen-bond donors (Lipinski definition) is 3. The zero-order valence-corrected chi connectivity index (χ0v) is 18.2. The van der Waals surface area contributed by atoms with Gasteiger partial charge < -0.3 is 20.7 Å². The summed E-state index contributed by atoms with van der Waals surface area (Å²) in [6, 6.07) is 11.5. The van der Waals surface area contributed by atoms with Crippen LogP contribution in [0.4, 0.5) is 18.9 Å². The molecule has 6 nitrogen and oxygen atoms in total. The molecule has 1 aliphatic rings. The molecule has 1 amide bonds. The molecule has 172 valence electrons. The molecule has 3 rings (SSSR count). The number of halogens is 3. The Morgan fingerprint density at radius 3 is 2.66 bits per heavy atom. The molecule has 2 aromatic carbocycles. The number of guanidine groups is 1. The molecule has 9 heteroatoms. The van der Waals surface area contributed by atoms with Gasteiger partial charge in [0.25, 0.3) is 0 Å². The molecule has 2 aromatic rings. The van der Waals surface area contributed by atoms with Gasteiger partial charge in [-0.05, 0) is 43.2 Å². The molecule has 1 heterocycles. The van der Waals surface area contributed by atoms with Crippen molar-refractivity contribution in [2.75, 3.05) is 18.9 Å². The van der Waals surface area contributed by atoms with E-state index in [-0.39, 0.29) is 35.8 Å². The SMILES string of the molecule is CN=C(NCc1ccc(OC(C)C)cc1C(F)(F)F)NCC1CC(=O)Nc2ccccc21. The number of ether oxygens (including phenoxy) is 1. The van der Waals surface area contributed by atoms with Gasteiger partial charge in [0, 0.05) is 38.2 Å². The molecule has 0 bridgehead atoms. The van der Waals surface area contributed by atoms with Crippen LogP contribution in [0.3, 0.4) is 0 Å². The first-order chi connectivity index (χ1) is 15.2. The second kappa shape index (κ2) is 9.93. The van der Waals surface area contributed by atoms with E-state index in [0.29, 0.717) is 18.9 Å². The summed E-state index contributed by atoms with van der Waals surface area (Å²) in [5.74, 6) is 0.380. The van der Waals surface area contributed by atoms with Crippen LogP contribution in [0, 0.1) is 0 Å². The minimum Gasteiger partial charge on any atom is -0.491 e. The predicted molar refractivity (Wildman–Crippen MR) is 118 cm³/mol. The molecule has 0 saturated heterocycles. The van der Waals surface area contributed by atoms with Crippen LogP contribution in [0.2, 0.25) is 0 Å². The van der Waals surface area contributed by atoms with Gasteiger partial charge in [0.1, 0.15) is 5.75 Å². The minimum absolute atomic E-state index is 0.0712. The maximum Gasteiger partial charge on any atom is 0.416 e. The largest absolute Gasteiger partial charge is 0.491 e. The lowest BCUT2D eigenvalue weighted by molar-refractivity contribution is -0.138. The van der Waals surface area contributed by atoms with Crippen molar-refractivity contribution in [2.45, 2.75) is 45.0 Å². The predicted octanol–water partition coefficient (Wildman–Crippen LogP) is 4.28. The fourth-order valence-corrected chi connectivity index (χ4v) is 3.62. The lowest BCUT2D eigenvalue weighted by Crippen LogP contribution is -2.40. The van der Waals surface area contributed by atoms with E-state index in [2.05, 4.69) is 20.9 Å². The quantitative estimate of drug-likeness (QED) is 0.456. The highest BCUT2D eigenvalue weighted by Crippen LogP contribution is 2.35. The number of rotatable bonds is 6. The molecule has 0 spiro atoms. The van der Waals surface area contributed by atoms with Crippen molar-refractivity contribution < 1.29 is 22.7 Å². The Hall–Kier alpha value is -3.23. The molecule has 0 aliphatic carbocycles. The molecule has 1 unspecified atom stereocenters. The highest BCUT2D eigenvalue weighted by Gasteiger charge is 2.34. The van der Waals surface area contributed by atoms with E-state index >= 15 is 0 Å². The molecule has 1 atom stereocenters. The van der Waals surface area contributed by atoms with Gasteiger partial charge in [-0.3, -0.25) is 9.79 Å². The van der Waals surface area contributed by atoms with E-state index < -0.39 is 11.7 Å². The van der Waals surface area contributed by atoms with Crippen molar-refractivity contribution in [3.8, 4) is 5.75 Å². The van der Waals surface area contributed by atoms with E-state index in [1.165, 1.54) is 12.1 Å². The average molecular weight is 448 g/mol. The molecule has 0 fully saturated rings. The van der Waals surface area contributed by atoms with Crippen molar-refractivity contribution >= 4 is 17.6 Å². The highest BCUT2D eigenvalue weighted by atomic mass is 19.4. The van der Waals surface area contributed by atoms with Gasteiger partial charge in [0.05, 0.1) is 11.7 Å². The Morgan fingerprint density at radius 1 is 1.22 bits per heavy atom. The minimum atomic E-state index is -4.51. The van der Waals surface area contributed by atoms with Gasteiger partial charge in [0.15, 0.2) is 5.96 Å². The number of aliphatic imine (C=N–C) groups is 1. The Bertz CT molecular complexity index is 989. The number of carbonyl (C=O) groups excluding carboxylic acids is 1. The number of para-hydroxylation sites is 1. The molecule has 32 heavy (non-hydrogen) atoms. The van der Waals surface area contributed by atoms with Crippen LogP contribution < -0.4 is 20.7 Å². The first-order valence-corrected chi connectivity index (χ1v) is 10.4. The van der Waals surface area contributed by atoms with Crippen LogP contribution in [0.15, 0.2) is 47.5 Å². The molecule has 0 aromatic heterocycles. The van der Waals surface area contributed by atoms with Crippen LogP contribution in [0.1, 0.15) is 42.9 Å². The summed E-state index contributed by atoms with van der Waals surface area (Å²) >= 11 is 0. The van der Waals surface area contributed by atoms with Crippen LogP contribution in [0.25, 0.3) is 0 Å². The number of alkyl halides is 3. The number of fused-ring (bicyclic) bond motifs is 1. The summed E-state index contributed by atoms with van der Waals surface area (Å²) < 4.78 is 46.1. The van der Waals surface area contributed by atoms with Gasteiger partial charge in [0.2, 0.25) is 5.91 Å². The van der Waals surface area contributed by atoms with E-state index in [4.69, 9.17) is 4.74 Å². The number of benzene rings is 2. The molecule has 3 N–H and O–H groups in total. The number of nitrogens with zero attached hydrogens (tertiary/aromatic N) is 1. The molecular weight excluding hydrogens is 421 g/mol. The molecular formula is C23H27F3N4O2. The van der Waals surface area contributed by atoms with Crippen molar-refractivity contribution in [1.82, 2.24) is 10.6 Å². The van der Waals surface area contributed by atoms with Crippen molar-refractivity contribution in [2.24, 2.45) is 4.99 Å². The standard InChI is InChI=1S/C23H27F3N4O2/c1-14(2)32-17-9-8-15(19(11-17)23(24,25)26)12-28-22(27-3)29-13-16-10-21(31)30-20-7-5-4-6-18(16)20/h4-9,11,14,16H,10,12-13H2,1-3H3,(H,30,31)(H2,27,28,29). The summed E-state index contributed by atoms with van der Waals surface area (Å²) in [7, 11) is 1.54. The second-order valence-electron chi connectivity index (χ2n) is 7.83. The van der Waals surface area contributed by atoms with E-state index in [9.17, 15) is 18.0 Å². The third-order valence-electron chi connectivity index (χ3n) is 5.05. The van der Waals surface area contributed by atoms with Crippen molar-refractivity contribution in [3.05, 3.63) is 59.2 Å². The van der Waals surface area contributed by atoms with Gasteiger partial charge in [-0.1, -0.05) is 24.3 Å². The van der Waals surface area contributed by atoms with Gasteiger partial charge in [-0.2, -0.15) is 13.2 Å². The van der Waals surface area contributed by atoms with Gasteiger partial charge in [-0.15, -0.1) is 0 Å². The van der Waals surface area contributed by atoms with Crippen molar-refractivity contribution in [1.29, 1.82) is 0 Å². The number of nitrogens with one attached hydrogen (secondary N) is 3. The van der Waals surface area contributed by atoms with Crippen LogP contribution in [-0.2, 0) is 17.5 Å². The molecule has 0 saturated carbocycles. The van der Waals surface area contributed by atoms with Gasteiger partial charge >= 0.3 is 6.18 Å². The Labute approximate surface area is 185 Å². The number of carbonyl (C=O) groups is 1. The highest BCUT2D eigenvalue weighted by molar-refractivity contribution is 5.94. The summed E-state index contributed by atoms with van der Waals surface area (Å²) in [6.07, 6.45) is -4.42. The third kappa shape index (κ3) is 5.93. The lowest BCUT2D eigenvalue weighted by Gasteiger charge is -2.26. The Kier molecular flexibility index (Phi) is 7.27. The maximum atomic E-state index is 13.6. The maximum absolute atomic E-state index is 13.6. The van der Waals surface area contributed by atoms with Gasteiger partial charge in [-0.25, -0.2) is 0 Å². The molecule has 1 aliphatic heterocycles. The smallest absolute Gasteiger partial charge is 0.416 e. The first kappa shape index (κ1) is 23.4. The Morgan fingerprint density at radius 2 is 1.97 bits per heavy atom. The van der Waals surface area contributed by atoms with Crippen molar-refractivity contribution in [3.63, 3.8) is 0 Å². The van der Waals surface area contributed by atoms with Crippen LogP contribution in [0.5, 0.6) is 5.75 Å². The monoisotopic (exact) mass is 448 g/mol. The van der Waals surface area contributed by atoms with Crippen LogP contribution in [-0.4, -0.2) is 31.6 Å². The van der Waals surface area contributed by atoms with E-state index in [0.717, 1.165) is 17.3 Å². The topological polar surface area (TPSA) is 74.8 Å². The first-order valence-electron chi connectivity index (χ1n) is 10.4. The summed E-state index contributed by atoms with van der Waals surface area (Å²) in [4.78, 5) is 16.1. The molecule has 0 radical (unpaired) electrons. The normalized spacial score (nSPS) is 16.4. The fraction of sp³-hybridized carbons (Fsp3) is 0.391. The lowest BCUT2D eigenvalue weighted by atomic mass is 9.90. The second-order valence-corrected chi connectivity index (χ2v) is 7.83. The van der Waals surface area contributed by atoms with Crippen LogP contribution >= 0.6 is 0 Å². The number of anilines is 1. The number of amides is 1. The zero-order valence-electron chi connectivity index (χ0n) is 18.2. The third-order valence-corrected chi connectivity index (χ3v) is 5.05. The average Bonchev–Trinajstić information content (AvgIpc) is 2.73. The summed E-state index contributed by atoms with van der Waals surface area (Å²) in [6.45, 7) is 3.86.